The van der Waals surface area contributed by atoms with Gasteiger partial charge in [-0.3, -0.25) is 0 Å². The summed E-state index contributed by atoms with van der Waals surface area (Å²) in [7, 11) is 0. The zero-order valence-corrected chi connectivity index (χ0v) is 7.39. The van der Waals surface area contributed by atoms with Crippen molar-refractivity contribution < 1.29 is 4.74 Å². The fourth-order valence-electron chi connectivity index (χ4n) is 2.69. The molecule has 11 heavy (non-hydrogen) atoms. The standard InChI is InChI=1S/C9H17NO/c1-8-3-4-9(2,11-8)6-7(10)5-8/h7H,3-6,10H2,1-2H3. The molecule has 0 aliphatic carbocycles. The predicted octanol–water partition coefficient (Wildman–Crippen LogP) is 1.44. The molecule has 2 rings (SSSR count). The summed E-state index contributed by atoms with van der Waals surface area (Å²) in [5, 5.41) is 0. The number of hydrogen-bond acceptors (Lipinski definition) is 2. The Morgan fingerprint density at radius 3 is 2.09 bits per heavy atom. The van der Waals surface area contributed by atoms with Crippen LogP contribution in [-0.4, -0.2) is 17.2 Å². The summed E-state index contributed by atoms with van der Waals surface area (Å²) in [5.41, 5.74) is 6.15. The maximum absolute atomic E-state index is 5.96. The van der Waals surface area contributed by atoms with E-state index in [2.05, 4.69) is 13.8 Å². The number of ether oxygens (including phenoxy) is 1. The Labute approximate surface area is 68.1 Å². The molecule has 2 aliphatic heterocycles. The van der Waals surface area contributed by atoms with E-state index in [1.807, 2.05) is 0 Å². The van der Waals surface area contributed by atoms with Gasteiger partial charge in [0.25, 0.3) is 0 Å². The molecule has 2 N–H and O–H groups in total. The second-order valence-corrected chi connectivity index (χ2v) is 4.67. The molecule has 64 valence electrons. The second-order valence-electron chi connectivity index (χ2n) is 4.67. The van der Waals surface area contributed by atoms with Gasteiger partial charge < -0.3 is 10.5 Å². The first-order chi connectivity index (χ1) is 5.02. The van der Waals surface area contributed by atoms with Gasteiger partial charge >= 0.3 is 0 Å². The normalized spacial score (nSPS) is 56.5. The molecule has 2 unspecified atom stereocenters. The van der Waals surface area contributed by atoms with Gasteiger partial charge in [0.2, 0.25) is 0 Å². The Bertz CT molecular complexity index is 164. The minimum atomic E-state index is 0.104. The van der Waals surface area contributed by atoms with Gasteiger partial charge in [0.15, 0.2) is 0 Å². The van der Waals surface area contributed by atoms with Gasteiger partial charge in [-0.25, -0.2) is 0 Å². The highest BCUT2D eigenvalue weighted by Crippen LogP contribution is 2.46. The highest BCUT2D eigenvalue weighted by molar-refractivity contribution is 5.01. The van der Waals surface area contributed by atoms with Crippen molar-refractivity contribution in [3.63, 3.8) is 0 Å². The molecule has 2 aliphatic rings. The van der Waals surface area contributed by atoms with E-state index in [0.717, 1.165) is 12.8 Å². The lowest BCUT2D eigenvalue weighted by Gasteiger charge is -2.39. The molecule has 2 nitrogen and oxygen atoms in total. The van der Waals surface area contributed by atoms with E-state index in [-0.39, 0.29) is 11.2 Å². The van der Waals surface area contributed by atoms with E-state index >= 15 is 0 Å². The lowest BCUT2D eigenvalue weighted by Crippen LogP contribution is -2.46. The highest BCUT2D eigenvalue weighted by Gasteiger charge is 2.49. The van der Waals surface area contributed by atoms with Crippen LogP contribution in [0.4, 0.5) is 0 Å². The first-order valence-corrected chi connectivity index (χ1v) is 4.47. The molecular weight excluding hydrogens is 138 g/mol. The zero-order chi connectivity index (χ0) is 8.11. The third-order valence-corrected chi connectivity index (χ3v) is 3.06. The van der Waals surface area contributed by atoms with Crippen molar-refractivity contribution in [2.75, 3.05) is 0 Å². The molecule has 0 aromatic rings. The molecule has 0 aromatic carbocycles. The Morgan fingerprint density at radius 1 is 1.18 bits per heavy atom. The van der Waals surface area contributed by atoms with Gasteiger partial charge in [-0.15, -0.1) is 0 Å². The van der Waals surface area contributed by atoms with Gasteiger partial charge in [0.1, 0.15) is 0 Å². The highest BCUT2D eigenvalue weighted by atomic mass is 16.5. The third kappa shape index (κ3) is 1.18. The van der Waals surface area contributed by atoms with Crippen molar-refractivity contribution in [3.8, 4) is 0 Å². The first kappa shape index (κ1) is 7.56. The van der Waals surface area contributed by atoms with E-state index in [1.54, 1.807) is 0 Å². The van der Waals surface area contributed by atoms with Crippen molar-refractivity contribution in [3.05, 3.63) is 0 Å². The van der Waals surface area contributed by atoms with E-state index in [1.165, 1.54) is 12.8 Å². The second kappa shape index (κ2) is 1.99. The minimum Gasteiger partial charge on any atom is -0.369 e. The number of rotatable bonds is 0. The molecule has 2 heteroatoms. The first-order valence-electron chi connectivity index (χ1n) is 4.47. The fourth-order valence-corrected chi connectivity index (χ4v) is 2.69. The Hall–Kier alpha value is -0.0800. The van der Waals surface area contributed by atoms with Crippen LogP contribution in [0.3, 0.4) is 0 Å². The van der Waals surface area contributed by atoms with Crippen LogP contribution in [0.5, 0.6) is 0 Å². The Kier molecular flexibility index (Phi) is 1.37. The van der Waals surface area contributed by atoms with Gasteiger partial charge in [-0.1, -0.05) is 0 Å². The van der Waals surface area contributed by atoms with Gasteiger partial charge in [-0.2, -0.15) is 0 Å². The molecule has 0 amide bonds. The van der Waals surface area contributed by atoms with E-state index in [4.69, 9.17) is 10.5 Å². The van der Waals surface area contributed by atoms with Crippen LogP contribution in [0.1, 0.15) is 39.5 Å². The van der Waals surface area contributed by atoms with Crippen LogP contribution in [0, 0.1) is 0 Å². The Morgan fingerprint density at radius 2 is 1.64 bits per heavy atom. The van der Waals surface area contributed by atoms with Crippen LogP contribution in [0.25, 0.3) is 0 Å². The number of fused-ring (bicyclic) bond motifs is 2. The maximum atomic E-state index is 5.96. The Balaban J connectivity index is 2.21. The lowest BCUT2D eigenvalue weighted by atomic mass is 9.91. The summed E-state index contributed by atoms with van der Waals surface area (Å²) < 4.78 is 5.96. The van der Waals surface area contributed by atoms with Crippen molar-refractivity contribution in [2.24, 2.45) is 5.73 Å². The molecule has 2 atom stereocenters. The quantitative estimate of drug-likeness (QED) is 0.574. The maximum Gasteiger partial charge on any atom is 0.0677 e. The molecular formula is C9H17NO. The van der Waals surface area contributed by atoms with E-state index in [0.29, 0.717) is 6.04 Å². The average Bonchev–Trinajstić information content (AvgIpc) is 2.01. The lowest BCUT2D eigenvalue weighted by molar-refractivity contribution is -0.125. The van der Waals surface area contributed by atoms with Crippen molar-refractivity contribution in [1.29, 1.82) is 0 Å². The summed E-state index contributed by atoms with van der Waals surface area (Å²) in [5.74, 6) is 0. The third-order valence-electron chi connectivity index (χ3n) is 3.06. The zero-order valence-electron chi connectivity index (χ0n) is 7.39. The van der Waals surface area contributed by atoms with Gasteiger partial charge in [0, 0.05) is 6.04 Å². The van der Waals surface area contributed by atoms with Crippen LogP contribution in [0.15, 0.2) is 0 Å². The molecule has 2 heterocycles. The van der Waals surface area contributed by atoms with E-state index < -0.39 is 0 Å². The fraction of sp³-hybridized carbons (Fsp3) is 1.00. The van der Waals surface area contributed by atoms with Crippen molar-refractivity contribution >= 4 is 0 Å². The number of hydrogen-bond donors (Lipinski definition) is 1. The summed E-state index contributed by atoms with van der Waals surface area (Å²) >= 11 is 0. The van der Waals surface area contributed by atoms with Gasteiger partial charge in [-0.05, 0) is 39.5 Å². The number of nitrogens with two attached hydrogens (primary N) is 1. The van der Waals surface area contributed by atoms with E-state index in [9.17, 15) is 0 Å². The predicted molar refractivity (Wildman–Crippen MR) is 44.3 cm³/mol. The van der Waals surface area contributed by atoms with Crippen molar-refractivity contribution in [2.45, 2.75) is 56.8 Å². The molecule has 2 fully saturated rings. The molecule has 0 radical (unpaired) electrons. The molecule has 2 bridgehead atoms. The summed E-state index contributed by atoms with van der Waals surface area (Å²) in [6.07, 6.45) is 4.47. The topological polar surface area (TPSA) is 35.2 Å². The van der Waals surface area contributed by atoms with Crippen LogP contribution in [-0.2, 0) is 4.74 Å². The summed E-state index contributed by atoms with van der Waals surface area (Å²) in [4.78, 5) is 0. The van der Waals surface area contributed by atoms with Crippen LogP contribution in [0.2, 0.25) is 0 Å². The summed E-state index contributed by atoms with van der Waals surface area (Å²) in [6, 6.07) is 0.362. The van der Waals surface area contributed by atoms with Crippen LogP contribution >= 0.6 is 0 Å². The molecule has 0 spiro atoms. The molecule has 2 saturated heterocycles. The average molecular weight is 155 g/mol. The SMILES string of the molecule is CC12CCC(C)(CC(N)C1)O2. The molecule has 0 saturated carbocycles. The largest absolute Gasteiger partial charge is 0.369 e. The summed E-state index contributed by atoms with van der Waals surface area (Å²) in [6.45, 7) is 4.38. The monoisotopic (exact) mass is 155 g/mol. The van der Waals surface area contributed by atoms with Crippen LogP contribution < -0.4 is 5.73 Å². The van der Waals surface area contributed by atoms with Crippen molar-refractivity contribution in [1.82, 2.24) is 0 Å². The molecule has 0 aromatic heterocycles. The minimum absolute atomic E-state index is 0.104. The smallest absolute Gasteiger partial charge is 0.0677 e. The van der Waals surface area contributed by atoms with Gasteiger partial charge in [0.05, 0.1) is 11.2 Å².